The number of rotatable bonds is 1. The third-order valence-corrected chi connectivity index (χ3v) is 3.12. The van der Waals surface area contributed by atoms with E-state index in [0.717, 1.165) is 23.7 Å². The van der Waals surface area contributed by atoms with Crippen molar-refractivity contribution < 1.29 is 0 Å². The summed E-state index contributed by atoms with van der Waals surface area (Å²) >= 11 is 0. The fraction of sp³-hybridized carbons (Fsp3) is 0.462. The van der Waals surface area contributed by atoms with Crippen LogP contribution >= 0.6 is 0 Å². The van der Waals surface area contributed by atoms with E-state index in [9.17, 15) is 0 Å². The van der Waals surface area contributed by atoms with Gasteiger partial charge in [0.25, 0.3) is 0 Å². The predicted octanol–water partition coefficient (Wildman–Crippen LogP) is 2.79. The molecule has 2 atom stereocenters. The van der Waals surface area contributed by atoms with E-state index in [1.165, 1.54) is 6.42 Å². The molecule has 1 aliphatic rings. The Kier molecular flexibility index (Phi) is 2.64. The van der Waals surface area contributed by atoms with Crippen LogP contribution in [0.1, 0.15) is 25.8 Å². The highest BCUT2D eigenvalue weighted by molar-refractivity contribution is 5.60. The SMILES string of the molecule is CC1CC(C)N(c2ccccc2C#N)C1. The quantitative estimate of drug-likeness (QED) is 0.697. The molecule has 78 valence electrons. The molecule has 2 nitrogen and oxygen atoms in total. The molecular weight excluding hydrogens is 184 g/mol. The van der Waals surface area contributed by atoms with Crippen molar-refractivity contribution in [3.8, 4) is 6.07 Å². The number of hydrogen-bond donors (Lipinski definition) is 0. The number of hydrogen-bond acceptors (Lipinski definition) is 2. The number of nitriles is 1. The van der Waals surface area contributed by atoms with Gasteiger partial charge in [-0.3, -0.25) is 0 Å². The highest BCUT2D eigenvalue weighted by Gasteiger charge is 2.27. The molecule has 1 aliphatic heterocycles. The van der Waals surface area contributed by atoms with Crippen LogP contribution in [0.2, 0.25) is 0 Å². The van der Waals surface area contributed by atoms with Gasteiger partial charge in [-0.15, -0.1) is 0 Å². The molecule has 0 N–H and O–H groups in total. The van der Waals surface area contributed by atoms with Crippen LogP contribution < -0.4 is 4.90 Å². The van der Waals surface area contributed by atoms with Crippen LogP contribution in [0.3, 0.4) is 0 Å². The molecule has 0 radical (unpaired) electrons. The zero-order chi connectivity index (χ0) is 10.8. The van der Waals surface area contributed by atoms with Gasteiger partial charge in [0.1, 0.15) is 6.07 Å². The van der Waals surface area contributed by atoms with E-state index in [0.29, 0.717) is 6.04 Å². The van der Waals surface area contributed by atoms with E-state index >= 15 is 0 Å². The highest BCUT2D eigenvalue weighted by Crippen LogP contribution is 2.30. The molecule has 1 saturated heterocycles. The maximum Gasteiger partial charge on any atom is 0.101 e. The minimum absolute atomic E-state index is 0.550. The first-order chi connectivity index (χ1) is 7.22. The summed E-state index contributed by atoms with van der Waals surface area (Å²) in [5.74, 6) is 0.728. The lowest BCUT2D eigenvalue weighted by molar-refractivity contribution is 0.625. The molecule has 0 spiro atoms. The van der Waals surface area contributed by atoms with Crippen LogP contribution in [-0.2, 0) is 0 Å². The molecule has 1 aromatic carbocycles. The second-order valence-corrected chi connectivity index (χ2v) is 4.47. The Bertz CT molecular complexity index is 392. The molecule has 0 saturated carbocycles. The summed E-state index contributed by atoms with van der Waals surface area (Å²) in [6, 6.07) is 10.7. The van der Waals surface area contributed by atoms with Crippen molar-refractivity contribution in [2.75, 3.05) is 11.4 Å². The monoisotopic (exact) mass is 200 g/mol. The van der Waals surface area contributed by atoms with Crippen molar-refractivity contribution >= 4 is 5.69 Å². The second kappa shape index (κ2) is 3.94. The Morgan fingerprint density at radius 3 is 2.67 bits per heavy atom. The number of benzene rings is 1. The molecule has 1 heterocycles. The van der Waals surface area contributed by atoms with Crippen LogP contribution in [0.4, 0.5) is 5.69 Å². The zero-order valence-electron chi connectivity index (χ0n) is 9.27. The van der Waals surface area contributed by atoms with Crippen LogP contribution in [0.25, 0.3) is 0 Å². The fourth-order valence-electron chi connectivity index (χ4n) is 2.45. The summed E-state index contributed by atoms with van der Waals surface area (Å²) < 4.78 is 0. The average molecular weight is 200 g/mol. The first kappa shape index (κ1) is 10.0. The smallest absolute Gasteiger partial charge is 0.101 e. The third-order valence-electron chi connectivity index (χ3n) is 3.12. The maximum atomic E-state index is 9.05. The van der Waals surface area contributed by atoms with E-state index in [-0.39, 0.29) is 0 Å². The Labute approximate surface area is 91.1 Å². The Morgan fingerprint density at radius 1 is 1.33 bits per heavy atom. The molecule has 2 unspecified atom stereocenters. The van der Waals surface area contributed by atoms with Gasteiger partial charge in [0, 0.05) is 12.6 Å². The molecule has 0 aliphatic carbocycles. The molecule has 0 amide bonds. The van der Waals surface area contributed by atoms with Crippen LogP contribution in [0, 0.1) is 17.2 Å². The Morgan fingerprint density at radius 2 is 2.07 bits per heavy atom. The van der Waals surface area contributed by atoms with Gasteiger partial charge in [-0.2, -0.15) is 5.26 Å². The van der Waals surface area contributed by atoms with Gasteiger partial charge in [-0.25, -0.2) is 0 Å². The molecule has 1 fully saturated rings. The van der Waals surface area contributed by atoms with E-state index in [4.69, 9.17) is 5.26 Å². The molecular formula is C13H16N2. The number of para-hydroxylation sites is 1. The first-order valence-electron chi connectivity index (χ1n) is 5.48. The predicted molar refractivity (Wildman–Crippen MR) is 61.7 cm³/mol. The van der Waals surface area contributed by atoms with Gasteiger partial charge in [-0.1, -0.05) is 19.1 Å². The maximum absolute atomic E-state index is 9.05. The minimum atomic E-state index is 0.550. The lowest BCUT2D eigenvalue weighted by Gasteiger charge is -2.24. The van der Waals surface area contributed by atoms with Gasteiger partial charge in [0.15, 0.2) is 0 Å². The standard InChI is InChI=1S/C13H16N2/c1-10-7-11(2)15(9-10)13-6-4-3-5-12(13)8-14/h3-6,10-11H,7,9H2,1-2H3. The summed E-state index contributed by atoms with van der Waals surface area (Å²) in [7, 11) is 0. The van der Waals surface area contributed by atoms with Gasteiger partial charge in [0.2, 0.25) is 0 Å². The van der Waals surface area contributed by atoms with Gasteiger partial charge >= 0.3 is 0 Å². The van der Waals surface area contributed by atoms with Crippen molar-refractivity contribution in [2.24, 2.45) is 5.92 Å². The fourth-order valence-corrected chi connectivity index (χ4v) is 2.45. The lowest BCUT2D eigenvalue weighted by atomic mass is 10.1. The normalized spacial score (nSPS) is 25.3. The van der Waals surface area contributed by atoms with Crippen molar-refractivity contribution in [2.45, 2.75) is 26.3 Å². The summed E-state index contributed by atoms with van der Waals surface area (Å²) in [4.78, 5) is 2.35. The largest absolute Gasteiger partial charge is 0.367 e. The minimum Gasteiger partial charge on any atom is -0.367 e. The molecule has 2 heteroatoms. The summed E-state index contributed by atoms with van der Waals surface area (Å²) in [5, 5.41) is 9.05. The summed E-state index contributed by atoms with van der Waals surface area (Å²) in [5.41, 5.74) is 1.88. The van der Waals surface area contributed by atoms with Crippen LogP contribution in [-0.4, -0.2) is 12.6 Å². The Hall–Kier alpha value is -1.49. The number of anilines is 1. The molecule has 0 bridgehead atoms. The summed E-state index contributed by atoms with van der Waals surface area (Å²) in [6.45, 7) is 5.57. The van der Waals surface area contributed by atoms with E-state index < -0.39 is 0 Å². The molecule has 15 heavy (non-hydrogen) atoms. The topological polar surface area (TPSA) is 27.0 Å². The zero-order valence-corrected chi connectivity index (χ0v) is 9.27. The highest BCUT2D eigenvalue weighted by atomic mass is 15.2. The lowest BCUT2D eigenvalue weighted by Crippen LogP contribution is -2.27. The van der Waals surface area contributed by atoms with Gasteiger partial charge in [0.05, 0.1) is 11.3 Å². The Balaban J connectivity index is 2.34. The van der Waals surface area contributed by atoms with E-state index in [2.05, 4.69) is 24.8 Å². The molecule has 1 aromatic rings. The van der Waals surface area contributed by atoms with Crippen molar-refractivity contribution in [3.63, 3.8) is 0 Å². The molecule has 0 aromatic heterocycles. The average Bonchev–Trinajstić information content (AvgIpc) is 2.57. The number of nitrogens with zero attached hydrogens (tertiary/aromatic N) is 2. The van der Waals surface area contributed by atoms with Crippen LogP contribution in [0.5, 0.6) is 0 Å². The van der Waals surface area contributed by atoms with Crippen LogP contribution in [0.15, 0.2) is 24.3 Å². The van der Waals surface area contributed by atoms with Crippen molar-refractivity contribution in [1.82, 2.24) is 0 Å². The van der Waals surface area contributed by atoms with E-state index in [1.54, 1.807) is 0 Å². The van der Waals surface area contributed by atoms with E-state index in [1.807, 2.05) is 24.3 Å². The molecule has 2 rings (SSSR count). The second-order valence-electron chi connectivity index (χ2n) is 4.47. The first-order valence-corrected chi connectivity index (χ1v) is 5.48. The third kappa shape index (κ3) is 1.83. The van der Waals surface area contributed by atoms with Gasteiger partial charge in [-0.05, 0) is 31.4 Å². The summed E-state index contributed by atoms with van der Waals surface area (Å²) in [6.07, 6.45) is 1.22. The van der Waals surface area contributed by atoms with Crippen molar-refractivity contribution in [3.05, 3.63) is 29.8 Å². The van der Waals surface area contributed by atoms with Crippen molar-refractivity contribution in [1.29, 1.82) is 5.26 Å². The van der Waals surface area contributed by atoms with Gasteiger partial charge < -0.3 is 4.90 Å².